The van der Waals surface area contributed by atoms with Crippen molar-refractivity contribution in [3.05, 3.63) is 133 Å². The van der Waals surface area contributed by atoms with Crippen LogP contribution in [0.25, 0.3) is 0 Å². The van der Waals surface area contributed by atoms with Gasteiger partial charge >= 0.3 is 7.12 Å². The second kappa shape index (κ2) is 17.2. The molecule has 8 heteroatoms. The van der Waals surface area contributed by atoms with Crippen LogP contribution in [0.3, 0.4) is 0 Å². The van der Waals surface area contributed by atoms with Gasteiger partial charge in [0.25, 0.3) is 11.8 Å². The zero-order chi connectivity index (χ0) is 38.0. The van der Waals surface area contributed by atoms with E-state index in [1.807, 2.05) is 60.0 Å². The molecule has 6 nitrogen and oxygen atoms in total. The summed E-state index contributed by atoms with van der Waals surface area (Å²) in [6.45, 7) is 23.3. The van der Waals surface area contributed by atoms with Gasteiger partial charge in [-0.25, -0.2) is 0 Å². The zero-order valence-corrected chi connectivity index (χ0v) is 34.2. The number of aryl methyl sites for hydroxylation is 4. The molecule has 0 saturated carbocycles. The second-order valence-corrected chi connectivity index (χ2v) is 16.0. The van der Waals surface area contributed by atoms with Crippen molar-refractivity contribution in [2.75, 3.05) is 13.1 Å². The van der Waals surface area contributed by atoms with Crippen LogP contribution in [0.4, 0.5) is 0 Å². The van der Waals surface area contributed by atoms with Crippen molar-refractivity contribution in [2.24, 2.45) is 0 Å². The van der Waals surface area contributed by atoms with Gasteiger partial charge in [0.15, 0.2) is 0 Å². The maximum absolute atomic E-state index is 13.1. The van der Waals surface area contributed by atoms with Gasteiger partial charge in [-0.1, -0.05) is 73.6 Å². The third kappa shape index (κ3) is 9.33. The summed E-state index contributed by atoms with van der Waals surface area (Å²) in [5, 5.41) is 0. The van der Waals surface area contributed by atoms with Gasteiger partial charge < -0.3 is 19.1 Å². The Balaban J connectivity index is 0.000000232. The van der Waals surface area contributed by atoms with Crippen LogP contribution in [0.15, 0.2) is 77.3 Å². The van der Waals surface area contributed by atoms with E-state index < -0.39 is 0 Å². The van der Waals surface area contributed by atoms with Gasteiger partial charge in [0, 0.05) is 41.8 Å². The lowest BCUT2D eigenvalue weighted by molar-refractivity contribution is 0.00578. The highest BCUT2D eigenvalue weighted by Gasteiger charge is 2.51. The molecule has 3 heterocycles. The van der Waals surface area contributed by atoms with Gasteiger partial charge in [-0.3, -0.25) is 9.59 Å². The van der Waals surface area contributed by atoms with E-state index in [4.69, 9.17) is 9.31 Å². The van der Waals surface area contributed by atoms with Crippen LogP contribution < -0.4 is 5.46 Å². The van der Waals surface area contributed by atoms with Gasteiger partial charge in [-0.2, -0.15) is 0 Å². The normalized spacial score (nSPS) is 16.5. The van der Waals surface area contributed by atoms with Crippen LogP contribution in [0.2, 0.25) is 0 Å². The number of nitrogens with zero attached hydrogens (tertiary/aromatic N) is 2. The number of fused-ring (bicyclic) bond motifs is 2. The molecule has 0 radical (unpaired) electrons. The van der Waals surface area contributed by atoms with Gasteiger partial charge in [0.1, 0.15) is 0 Å². The number of rotatable bonds is 3. The minimum Gasteiger partial charge on any atom is -0.399 e. The minimum absolute atomic E-state index is 0. The van der Waals surface area contributed by atoms with E-state index in [9.17, 15) is 9.59 Å². The molecule has 3 aliphatic rings. The summed E-state index contributed by atoms with van der Waals surface area (Å²) >= 11 is 3.51. The lowest BCUT2D eigenvalue weighted by Crippen LogP contribution is -2.41. The minimum atomic E-state index is -0.379. The first-order chi connectivity index (χ1) is 24.6. The number of benzene rings is 4. The van der Waals surface area contributed by atoms with Crippen molar-refractivity contribution in [1.29, 1.82) is 0 Å². The Morgan fingerprint density at radius 3 is 1.49 bits per heavy atom. The van der Waals surface area contributed by atoms with Crippen LogP contribution in [0, 0.1) is 27.7 Å². The van der Waals surface area contributed by atoms with Crippen LogP contribution in [0.5, 0.6) is 0 Å². The average Bonchev–Trinajstić information content (AvgIpc) is 3.36. The zero-order valence-electron chi connectivity index (χ0n) is 32.7. The Labute approximate surface area is 327 Å². The first-order valence-corrected chi connectivity index (χ1v) is 19.4. The standard InChI is InChI=1S/C24H30BNO3.C18H18BrNO.C2H6.CH4/c1-16-7-8-19(13-17(16)2)22(27)26-12-11-18-9-10-21(14-20(18)15-26)25-28-23(3,4)24(5,6)29-25;1-12-3-4-15(9-13(12)2)18(21)20-8-7-14-5-6-17(19)10-16(14)11-20;1-2;/h7-10,13-14H,11-12,15H2,1-6H3;3-6,9-10H,7-8,11H2,1-2H3;1-2H3;1H4. The van der Waals surface area contributed by atoms with E-state index in [1.165, 1.54) is 38.9 Å². The van der Waals surface area contributed by atoms with Crippen molar-refractivity contribution < 1.29 is 18.9 Å². The molecule has 0 spiro atoms. The van der Waals surface area contributed by atoms with Crippen LogP contribution in [-0.2, 0) is 35.2 Å². The number of carbonyl (C=O) groups is 2. The third-order valence-electron chi connectivity index (χ3n) is 11.0. The predicted molar refractivity (Wildman–Crippen MR) is 223 cm³/mol. The van der Waals surface area contributed by atoms with Crippen LogP contribution in [0.1, 0.15) is 114 Å². The smallest absolute Gasteiger partial charge is 0.399 e. The highest BCUT2D eigenvalue weighted by molar-refractivity contribution is 9.10. The second-order valence-electron chi connectivity index (χ2n) is 15.1. The van der Waals surface area contributed by atoms with E-state index >= 15 is 0 Å². The van der Waals surface area contributed by atoms with E-state index in [0.717, 1.165) is 52.6 Å². The number of amides is 2. The molecule has 2 amide bonds. The van der Waals surface area contributed by atoms with Crippen LogP contribution in [-0.4, -0.2) is 53.0 Å². The van der Waals surface area contributed by atoms with E-state index in [1.54, 1.807) is 0 Å². The monoisotopic (exact) mass is 780 g/mol. The van der Waals surface area contributed by atoms with E-state index in [-0.39, 0.29) is 37.6 Å². The first-order valence-electron chi connectivity index (χ1n) is 18.6. The molecule has 0 aliphatic carbocycles. The predicted octanol–water partition coefficient (Wildman–Crippen LogP) is 9.73. The summed E-state index contributed by atoms with van der Waals surface area (Å²) < 4.78 is 13.5. The molecule has 0 aromatic heterocycles. The SMILES string of the molecule is C.CC.Cc1ccc(C(=O)N2CCc3ccc(B4OC(C)(C)C(C)(C)O4)cc3C2)cc1C.Cc1ccc(C(=O)N2CCc3ccc(Br)cc3C2)cc1C. The molecular formula is C45H58BBrN2O4. The Morgan fingerprint density at radius 1 is 0.604 bits per heavy atom. The summed E-state index contributed by atoms with van der Waals surface area (Å²) in [5.74, 6) is 0.225. The molecule has 0 bridgehead atoms. The maximum atomic E-state index is 13.1. The largest absolute Gasteiger partial charge is 0.494 e. The summed E-state index contributed by atoms with van der Waals surface area (Å²) in [6, 6.07) is 24.6. The molecule has 7 rings (SSSR count). The highest BCUT2D eigenvalue weighted by atomic mass is 79.9. The number of carbonyl (C=O) groups excluding carboxylic acids is 2. The Morgan fingerprint density at radius 2 is 1.04 bits per heavy atom. The fraction of sp³-hybridized carbons (Fsp3) is 0.422. The van der Waals surface area contributed by atoms with Crippen molar-refractivity contribution in [2.45, 2.75) is 114 Å². The molecule has 0 N–H and O–H groups in total. The van der Waals surface area contributed by atoms with Crippen molar-refractivity contribution in [3.8, 4) is 0 Å². The molecule has 0 unspecified atom stereocenters. The van der Waals surface area contributed by atoms with E-state index in [2.05, 4.69) is 108 Å². The molecular weight excluding hydrogens is 723 g/mol. The van der Waals surface area contributed by atoms with Crippen molar-refractivity contribution in [1.82, 2.24) is 9.80 Å². The lowest BCUT2D eigenvalue weighted by Gasteiger charge is -2.32. The molecule has 4 aromatic carbocycles. The number of halogens is 1. The van der Waals surface area contributed by atoms with Gasteiger partial charge in [-0.05, 0) is 155 Å². The molecule has 1 fully saturated rings. The highest BCUT2D eigenvalue weighted by Crippen LogP contribution is 2.37. The quantitative estimate of drug-likeness (QED) is 0.194. The number of hydrogen-bond donors (Lipinski definition) is 0. The summed E-state index contributed by atoms with van der Waals surface area (Å²) in [7, 11) is -0.379. The first kappa shape index (κ1) is 42.0. The van der Waals surface area contributed by atoms with Crippen LogP contribution >= 0.6 is 15.9 Å². The molecule has 1 saturated heterocycles. The lowest BCUT2D eigenvalue weighted by atomic mass is 9.77. The molecule has 282 valence electrons. The van der Waals surface area contributed by atoms with Gasteiger partial charge in [0.2, 0.25) is 0 Å². The summed E-state index contributed by atoms with van der Waals surface area (Å²) in [6.07, 6.45) is 1.80. The molecule has 0 atom stereocenters. The Bertz CT molecular complexity index is 1940. The molecule has 4 aromatic rings. The van der Waals surface area contributed by atoms with Gasteiger partial charge in [-0.15, -0.1) is 0 Å². The van der Waals surface area contributed by atoms with Crippen molar-refractivity contribution in [3.63, 3.8) is 0 Å². The summed E-state index contributed by atoms with van der Waals surface area (Å²) in [5.41, 5.74) is 11.7. The van der Waals surface area contributed by atoms with E-state index in [0.29, 0.717) is 13.1 Å². The fourth-order valence-corrected chi connectivity index (χ4v) is 7.10. The topological polar surface area (TPSA) is 59.1 Å². The summed E-state index contributed by atoms with van der Waals surface area (Å²) in [4.78, 5) is 29.6. The fourth-order valence-electron chi connectivity index (χ4n) is 6.69. The third-order valence-corrected chi connectivity index (χ3v) is 11.5. The molecule has 3 aliphatic heterocycles. The Hall–Kier alpha value is -3.72. The molecule has 53 heavy (non-hydrogen) atoms. The van der Waals surface area contributed by atoms with Crippen molar-refractivity contribution >= 4 is 40.3 Å². The average molecular weight is 782 g/mol. The Kier molecular flexibility index (Phi) is 13.6. The number of hydrogen-bond acceptors (Lipinski definition) is 4. The maximum Gasteiger partial charge on any atom is 0.494 e. The van der Waals surface area contributed by atoms with Gasteiger partial charge in [0.05, 0.1) is 11.2 Å².